The minimum Gasteiger partial charge on any atom is -0.481 e. The van der Waals surface area contributed by atoms with E-state index in [-0.39, 0.29) is 39.1 Å². The second-order valence-electron chi connectivity index (χ2n) is 8.07. The van der Waals surface area contributed by atoms with Crippen LogP contribution < -0.4 is 38.1 Å². The molecule has 0 aromatic heterocycles. The first-order valence-electron chi connectivity index (χ1n) is 11.9. The predicted octanol–water partition coefficient (Wildman–Crippen LogP) is -0.886. The highest BCUT2D eigenvalue weighted by molar-refractivity contribution is 5.97. The zero-order valence-electron chi connectivity index (χ0n) is 20.9. The van der Waals surface area contributed by atoms with Crippen molar-refractivity contribution in [1.82, 2.24) is 21.3 Å². The lowest BCUT2D eigenvalue weighted by molar-refractivity contribution is -0.137. The predicted molar refractivity (Wildman–Crippen MR) is 136 cm³/mol. The van der Waals surface area contributed by atoms with E-state index in [1.54, 1.807) is 24.3 Å². The Labute approximate surface area is 219 Å². The molecule has 0 saturated heterocycles. The third-order valence-electron chi connectivity index (χ3n) is 4.93. The normalized spacial score (nSPS) is 11.0. The molecule has 0 aliphatic carbocycles. The van der Waals surface area contributed by atoms with Crippen LogP contribution in [0, 0.1) is 0 Å². The second kappa shape index (κ2) is 17.9. The van der Waals surface area contributed by atoms with Gasteiger partial charge in [-0.1, -0.05) is 12.1 Å². The summed E-state index contributed by atoms with van der Waals surface area (Å²) in [6.07, 6.45) is 0.884. The van der Waals surface area contributed by atoms with Gasteiger partial charge in [0.2, 0.25) is 17.7 Å². The van der Waals surface area contributed by atoms with Gasteiger partial charge >= 0.3 is 18.1 Å². The first-order chi connectivity index (χ1) is 18.1. The molecule has 0 fully saturated rings. The van der Waals surface area contributed by atoms with E-state index >= 15 is 0 Å². The number of hydrogen-bond acceptors (Lipinski definition) is 8. The Morgan fingerprint density at radius 3 is 2.21 bits per heavy atom. The zero-order valence-corrected chi connectivity index (χ0v) is 20.9. The van der Waals surface area contributed by atoms with Gasteiger partial charge in [-0.25, -0.2) is 9.59 Å². The number of rotatable bonds is 17. The van der Waals surface area contributed by atoms with Crippen LogP contribution in [0.2, 0.25) is 0 Å². The Balaban J connectivity index is 2.57. The van der Waals surface area contributed by atoms with Crippen molar-refractivity contribution in [2.24, 2.45) is 11.5 Å². The number of carbonyl (C=O) groups excluding carboxylic acids is 5. The number of hydrogen-bond donors (Lipinski definition) is 8. The van der Waals surface area contributed by atoms with Crippen LogP contribution in [0.1, 0.15) is 37.7 Å². The average Bonchev–Trinajstić information content (AvgIpc) is 2.87. The Hall–Kier alpha value is -4.40. The molecule has 0 radical (unpaired) electrons. The highest BCUT2D eigenvalue weighted by Crippen LogP contribution is 2.12. The zero-order chi connectivity index (χ0) is 28.3. The SMILES string of the molecule is NCC(=O)NCC(=O)N[C@@H](CCCNC(N)=O)C(=O)Nc1ccc(COC(=O)NCCCCC(=O)O)cc1. The number of aliphatic carboxylic acids is 1. The van der Waals surface area contributed by atoms with Gasteiger partial charge in [-0.15, -0.1) is 0 Å². The molecule has 15 nitrogen and oxygen atoms in total. The van der Waals surface area contributed by atoms with E-state index in [0.29, 0.717) is 37.1 Å². The number of carbonyl (C=O) groups is 6. The molecule has 1 rings (SSSR count). The third-order valence-corrected chi connectivity index (χ3v) is 4.93. The number of nitrogens with two attached hydrogens (primary N) is 2. The summed E-state index contributed by atoms with van der Waals surface area (Å²) in [5.74, 6) is -2.53. The highest BCUT2D eigenvalue weighted by atomic mass is 16.5. The van der Waals surface area contributed by atoms with Crippen molar-refractivity contribution in [3.63, 3.8) is 0 Å². The number of nitrogens with one attached hydrogen (secondary N) is 5. The fourth-order valence-electron chi connectivity index (χ4n) is 2.99. The molecule has 0 aliphatic rings. The Kier molecular flexibility index (Phi) is 14.9. The summed E-state index contributed by atoms with van der Waals surface area (Å²) >= 11 is 0. The smallest absolute Gasteiger partial charge is 0.407 e. The van der Waals surface area contributed by atoms with Crippen LogP contribution in [-0.4, -0.2) is 73.1 Å². The maximum absolute atomic E-state index is 12.8. The van der Waals surface area contributed by atoms with Crippen molar-refractivity contribution in [3.8, 4) is 0 Å². The van der Waals surface area contributed by atoms with Crippen molar-refractivity contribution < 1.29 is 38.6 Å². The molecule has 15 heteroatoms. The van der Waals surface area contributed by atoms with Crippen molar-refractivity contribution in [2.45, 2.75) is 44.8 Å². The van der Waals surface area contributed by atoms with Gasteiger partial charge in [0.05, 0.1) is 13.1 Å². The molecule has 0 spiro atoms. The van der Waals surface area contributed by atoms with Crippen LogP contribution in [0.4, 0.5) is 15.3 Å². The van der Waals surface area contributed by atoms with Crippen molar-refractivity contribution >= 4 is 41.5 Å². The van der Waals surface area contributed by atoms with Crippen LogP contribution in [0.3, 0.4) is 0 Å². The van der Waals surface area contributed by atoms with Crippen LogP contribution >= 0.6 is 0 Å². The van der Waals surface area contributed by atoms with E-state index in [4.69, 9.17) is 21.3 Å². The van der Waals surface area contributed by atoms with Gasteiger partial charge in [-0.3, -0.25) is 19.2 Å². The van der Waals surface area contributed by atoms with Crippen LogP contribution in [-0.2, 0) is 30.5 Å². The summed E-state index contributed by atoms with van der Waals surface area (Å²) in [7, 11) is 0. The number of primary amides is 1. The summed E-state index contributed by atoms with van der Waals surface area (Å²) in [6.45, 7) is -0.161. The standard InChI is InChI=1S/C23H35N7O8/c24-12-18(31)28-13-19(32)30-17(4-3-11-26-22(25)36)21(35)29-16-8-6-15(7-9-16)14-38-23(37)27-10-2-1-5-20(33)34/h6-9,17H,1-5,10-14,24H2,(H,27,37)(H,28,31)(H,29,35)(H,30,32)(H,33,34)(H3,25,26,36)/t17-/m0/s1. The first kappa shape index (κ1) is 31.6. The lowest BCUT2D eigenvalue weighted by Gasteiger charge is -2.19. The highest BCUT2D eigenvalue weighted by Gasteiger charge is 2.21. The number of anilines is 1. The molecule has 0 unspecified atom stereocenters. The quantitative estimate of drug-likeness (QED) is 0.115. The largest absolute Gasteiger partial charge is 0.481 e. The van der Waals surface area contributed by atoms with Gasteiger partial charge < -0.3 is 47.9 Å². The number of carboxylic acids is 1. The molecular formula is C23H35N7O8. The molecule has 6 amide bonds. The monoisotopic (exact) mass is 537 g/mol. The number of ether oxygens (including phenoxy) is 1. The Morgan fingerprint density at radius 1 is 0.895 bits per heavy atom. The number of unbranched alkanes of at least 4 members (excludes halogenated alkanes) is 1. The van der Waals surface area contributed by atoms with E-state index < -0.39 is 41.9 Å². The van der Waals surface area contributed by atoms with Crippen molar-refractivity contribution in [3.05, 3.63) is 29.8 Å². The van der Waals surface area contributed by atoms with Gasteiger partial charge in [-0.2, -0.15) is 0 Å². The van der Waals surface area contributed by atoms with E-state index in [9.17, 15) is 28.8 Å². The molecule has 210 valence electrons. The molecule has 38 heavy (non-hydrogen) atoms. The van der Waals surface area contributed by atoms with Gasteiger partial charge in [0.15, 0.2) is 0 Å². The fraction of sp³-hybridized carbons (Fsp3) is 0.478. The third kappa shape index (κ3) is 14.9. The van der Waals surface area contributed by atoms with E-state index in [1.807, 2.05) is 0 Å². The van der Waals surface area contributed by atoms with E-state index in [1.165, 1.54) is 0 Å². The van der Waals surface area contributed by atoms with Gasteiger partial charge in [-0.05, 0) is 43.4 Å². The molecule has 10 N–H and O–H groups in total. The molecule has 0 saturated carbocycles. The minimum absolute atomic E-state index is 0.0186. The topological polar surface area (TPSA) is 244 Å². The van der Waals surface area contributed by atoms with Gasteiger partial charge in [0, 0.05) is 25.2 Å². The summed E-state index contributed by atoms with van der Waals surface area (Å²) in [5, 5.41) is 21.0. The molecular weight excluding hydrogens is 502 g/mol. The molecule has 0 aliphatic heterocycles. The first-order valence-corrected chi connectivity index (χ1v) is 11.9. The number of alkyl carbamates (subject to hydrolysis) is 1. The Morgan fingerprint density at radius 2 is 1.58 bits per heavy atom. The maximum Gasteiger partial charge on any atom is 0.407 e. The van der Waals surface area contributed by atoms with Crippen LogP contribution in [0.25, 0.3) is 0 Å². The van der Waals surface area contributed by atoms with E-state index in [0.717, 1.165) is 0 Å². The summed E-state index contributed by atoms with van der Waals surface area (Å²) in [4.78, 5) is 69.3. The van der Waals surface area contributed by atoms with Gasteiger partial charge in [0.25, 0.3) is 0 Å². The maximum atomic E-state index is 12.8. The van der Waals surface area contributed by atoms with Crippen molar-refractivity contribution in [1.29, 1.82) is 0 Å². The molecule has 1 aromatic rings. The molecule has 1 atom stereocenters. The van der Waals surface area contributed by atoms with Crippen LogP contribution in [0.15, 0.2) is 24.3 Å². The number of amides is 6. The lowest BCUT2D eigenvalue weighted by atomic mass is 10.1. The number of benzene rings is 1. The Bertz CT molecular complexity index is 956. The summed E-state index contributed by atoms with van der Waals surface area (Å²) < 4.78 is 5.10. The lowest BCUT2D eigenvalue weighted by Crippen LogP contribution is -2.48. The molecule has 0 bridgehead atoms. The van der Waals surface area contributed by atoms with Gasteiger partial charge in [0.1, 0.15) is 12.6 Å². The average molecular weight is 538 g/mol. The van der Waals surface area contributed by atoms with Crippen LogP contribution in [0.5, 0.6) is 0 Å². The summed E-state index contributed by atoms with van der Waals surface area (Å²) in [5.41, 5.74) is 11.3. The van der Waals surface area contributed by atoms with Crippen molar-refractivity contribution in [2.75, 3.05) is 31.5 Å². The molecule has 1 aromatic carbocycles. The fourth-order valence-corrected chi connectivity index (χ4v) is 2.99. The summed E-state index contributed by atoms with van der Waals surface area (Å²) in [6, 6.07) is 4.79. The van der Waals surface area contributed by atoms with E-state index in [2.05, 4.69) is 26.6 Å². The minimum atomic E-state index is -0.964. The second-order valence-corrected chi connectivity index (χ2v) is 8.07. The number of carboxylic acid groups (broad SMARTS) is 1. The number of urea groups is 1. The molecule has 0 heterocycles.